The SMILES string of the molecule is CCn1cc(C(=O)O)c(=O)c2c(N)c(F)c(N[C@H]3C[C@@H]3c3ccccc3)cc21. The first-order valence-corrected chi connectivity index (χ1v) is 9.12. The van der Waals surface area contributed by atoms with E-state index in [2.05, 4.69) is 5.32 Å². The summed E-state index contributed by atoms with van der Waals surface area (Å²) in [5, 5.41) is 12.4. The molecular weight excluding hydrogens is 361 g/mol. The molecule has 28 heavy (non-hydrogen) atoms. The summed E-state index contributed by atoms with van der Waals surface area (Å²) >= 11 is 0. The van der Waals surface area contributed by atoms with Crippen molar-refractivity contribution in [2.24, 2.45) is 0 Å². The number of pyridine rings is 1. The molecule has 0 amide bonds. The highest BCUT2D eigenvalue weighted by Gasteiger charge is 2.39. The van der Waals surface area contributed by atoms with Crippen LogP contribution in [-0.4, -0.2) is 21.7 Å². The van der Waals surface area contributed by atoms with Gasteiger partial charge in [-0.1, -0.05) is 30.3 Å². The number of halogens is 1. The number of nitrogens with one attached hydrogen (secondary N) is 1. The number of nitrogens with two attached hydrogens (primary N) is 1. The zero-order chi connectivity index (χ0) is 20.0. The molecule has 2 atom stereocenters. The summed E-state index contributed by atoms with van der Waals surface area (Å²) in [6.45, 7) is 2.23. The predicted octanol–water partition coefficient (Wildman–Crippen LogP) is 3.41. The lowest BCUT2D eigenvalue weighted by molar-refractivity contribution is 0.0695. The fraction of sp³-hybridized carbons (Fsp3) is 0.238. The molecule has 0 radical (unpaired) electrons. The maximum absolute atomic E-state index is 14.9. The van der Waals surface area contributed by atoms with Gasteiger partial charge in [0.2, 0.25) is 5.43 Å². The van der Waals surface area contributed by atoms with Crippen LogP contribution in [0.15, 0.2) is 47.4 Å². The van der Waals surface area contributed by atoms with E-state index in [1.165, 1.54) is 17.8 Å². The van der Waals surface area contributed by atoms with Gasteiger partial charge >= 0.3 is 5.97 Å². The number of aromatic carboxylic acids is 1. The molecule has 1 aliphatic rings. The lowest BCUT2D eigenvalue weighted by Crippen LogP contribution is -2.21. The van der Waals surface area contributed by atoms with Gasteiger partial charge in [0.15, 0.2) is 5.82 Å². The van der Waals surface area contributed by atoms with Crippen LogP contribution in [0.25, 0.3) is 10.9 Å². The molecule has 2 aromatic carbocycles. The molecule has 0 aliphatic heterocycles. The number of hydrogen-bond acceptors (Lipinski definition) is 4. The van der Waals surface area contributed by atoms with Crippen molar-refractivity contribution in [3.63, 3.8) is 0 Å². The largest absolute Gasteiger partial charge is 0.477 e. The van der Waals surface area contributed by atoms with E-state index in [4.69, 9.17) is 5.73 Å². The first kappa shape index (κ1) is 18.0. The van der Waals surface area contributed by atoms with Crippen LogP contribution in [0.5, 0.6) is 0 Å². The number of hydrogen-bond donors (Lipinski definition) is 3. The zero-order valence-electron chi connectivity index (χ0n) is 15.3. The topological polar surface area (TPSA) is 97.4 Å². The van der Waals surface area contributed by atoms with Crippen LogP contribution in [0.4, 0.5) is 15.8 Å². The molecule has 7 heteroatoms. The molecule has 0 bridgehead atoms. The van der Waals surface area contributed by atoms with Crippen LogP contribution < -0.4 is 16.5 Å². The van der Waals surface area contributed by atoms with Gasteiger partial charge in [-0.25, -0.2) is 9.18 Å². The Bertz CT molecular complexity index is 1140. The number of carboxylic acid groups (broad SMARTS) is 1. The maximum atomic E-state index is 14.9. The fourth-order valence-corrected chi connectivity index (χ4v) is 3.69. The van der Waals surface area contributed by atoms with Crippen LogP contribution in [-0.2, 0) is 6.54 Å². The summed E-state index contributed by atoms with van der Waals surface area (Å²) in [5.74, 6) is -1.80. The fourth-order valence-electron chi connectivity index (χ4n) is 3.69. The Labute approximate surface area is 160 Å². The van der Waals surface area contributed by atoms with Gasteiger partial charge in [-0.3, -0.25) is 4.79 Å². The number of carboxylic acids is 1. The minimum absolute atomic E-state index is 0.0776. The van der Waals surface area contributed by atoms with Crippen LogP contribution in [0, 0.1) is 5.82 Å². The molecule has 1 fully saturated rings. The van der Waals surface area contributed by atoms with Crippen molar-refractivity contribution in [2.75, 3.05) is 11.1 Å². The van der Waals surface area contributed by atoms with E-state index in [9.17, 15) is 19.1 Å². The quantitative estimate of drug-likeness (QED) is 0.589. The molecule has 0 spiro atoms. The van der Waals surface area contributed by atoms with Gasteiger partial charge in [0, 0.05) is 24.7 Å². The van der Waals surface area contributed by atoms with Crippen LogP contribution >= 0.6 is 0 Å². The van der Waals surface area contributed by atoms with Crippen LogP contribution in [0.2, 0.25) is 0 Å². The average Bonchev–Trinajstić information content (AvgIpc) is 3.45. The second kappa shape index (κ2) is 6.67. The lowest BCUT2D eigenvalue weighted by atomic mass is 10.1. The van der Waals surface area contributed by atoms with Gasteiger partial charge in [0.25, 0.3) is 0 Å². The van der Waals surface area contributed by atoms with E-state index >= 15 is 0 Å². The molecule has 1 saturated carbocycles. The van der Waals surface area contributed by atoms with E-state index < -0.39 is 22.8 Å². The number of aryl methyl sites for hydroxylation is 1. The average molecular weight is 381 g/mol. The first-order chi connectivity index (χ1) is 13.4. The van der Waals surface area contributed by atoms with E-state index in [1.807, 2.05) is 37.3 Å². The van der Waals surface area contributed by atoms with Crippen LogP contribution in [0.3, 0.4) is 0 Å². The van der Waals surface area contributed by atoms with E-state index in [-0.39, 0.29) is 22.8 Å². The number of aromatic nitrogens is 1. The van der Waals surface area contributed by atoms with Crippen molar-refractivity contribution in [3.8, 4) is 0 Å². The Hall–Kier alpha value is -3.35. The molecule has 4 rings (SSSR count). The number of benzene rings is 2. The number of anilines is 2. The molecule has 144 valence electrons. The maximum Gasteiger partial charge on any atom is 0.341 e. The molecule has 1 aromatic heterocycles. The molecule has 1 aliphatic carbocycles. The van der Waals surface area contributed by atoms with E-state index in [0.29, 0.717) is 18.0 Å². The number of nitrogens with zero attached hydrogens (tertiary/aromatic N) is 1. The Morgan fingerprint density at radius 1 is 1.36 bits per heavy atom. The van der Waals surface area contributed by atoms with Gasteiger partial charge in [0.05, 0.1) is 22.3 Å². The third kappa shape index (κ3) is 2.89. The summed E-state index contributed by atoms with van der Waals surface area (Å²) in [5.41, 5.74) is 6.23. The highest BCUT2D eigenvalue weighted by molar-refractivity contribution is 5.99. The van der Waals surface area contributed by atoms with Crippen molar-refractivity contribution in [2.45, 2.75) is 31.8 Å². The van der Waals surface area contributed by atoms with Gasteiger partial charge in [-0.05, 0) is 25.0 Å². The smallest absolute Gasteiger partial charge is 0.341 e. The summed E-state index contributed by atoms with van der Waals surface area (Å²) in [7, 11) is 0. The van der Waals surface area contributed by atoms with Crippen molar-refractivity contribution >= 4 is 28.2 Å². The van der Waals surface area contributed by atoms with Crippen molar-refractivity contribution in [1.82, 2.24) is 4.57 Å². The van der Waals surface area contributed by atoms with Gasteiger partial charge in [-0.2, -0.15) is 0 Å². The summed E-state index contributed by atoms with van der Waals surface area (Å²) < 4.78 is 16.5. The summed E-state index contributed by atoms with van der Waals surface area (Å²) in [6, 6.07) is 11.6. The molecule has 6 nitrogen and oxygen atoms in total. The lowest BCUT2D eigenvalue weighted by Gasteiger charge is -2.16. The Kier molecular flexibility index (Phi) is 4.30. The first-order valence-electron chi connectivity index (χ1n) is 9.12. The molecule has 1 heterocycles. The van der Waals surface area contributed by atoms with Gasteiger partial charge in [-0.15, -0.1) is 0 Å². The highest BCUT2D eigenvalue weighted by atomic mass is 19.1. The predicted molar refractivity (Wildman–Crippen MR) is 106 cm³/mol. The second-order valence-corrected chi connectivity index (χ2v) is 7.01. The number of rotatable bonds is 5. The molecular formula is C21H20FN3O3. The summed E-state index contributed by atoms with van der Waals surface area (Å²) in [6.07, 6.45) is 2.15. The minimum atomic E-state index is -1.36. The normalized spacial score (nSPS) is 18.2. The third-order valence-corrected chi connectivity index (χ3v) is 5.28. The zero-order valence-corrected chi connectivity index (χ0v) is 15.3. The molecule has 0 unspecified atom stereocenters. The molecule has 3 aromatic rings. The Balaban J connectivity index is 1.77. The monoisotopic (exact) mass is 381 g/mol. The van der Waals surface area contributed by atoms with Crippen molar-refractivity contribution < 1.29 is 14.3 Å². The third-order valence-electron chi connectivity index (χ3n) is 5.28. The van der Waals surface area contributed by atoms with Gasteiger partial charge in [0.1, 0.15) is 5.56 Å². The van der Waals surface area contributed by atoms with Gasteiger partial charge < -0.3 is 20.7 Å². The number of nitrogen functional groups attached to an aromatic ring is 1. The standard InChI is InChI=1S/C21H20FN3O3/c1-2-25-10-13(21(27)28)20(26)17-16(25)9-15(18(22)19(17)23)24-14-8-12(14)11-6-4-3-5-7-11/h3-7,9-10,12,14,24H,2,8,23H2,1H3,(H,27,28)/t12-,14+/m1/s1. The number of carbonyl (C=O) groups is 1. The highest BCUT2D eigenvalue weighted by Crippen LogP contribution is 2.43. The Morgan fingerprint density at radius 2 is 2.07 bits per heavy atom. The molecule has 0 saturated heterocycles. The van der Waals surface area contributed by atoms with E-state index in [0.717, 1.165) is 6.42 Å². The number of fused-ring (bicyclic) bond motifs is 1. The summed E-state index contributed by atoms with van der Waals surface area (Å²) in [4.78, 5) is 23.9. The second-order valence-electron chi connectivity index (χ2n) is 7.01. The van der Waals surface area contributed by atoms with Crippen LogP contribution in [0.1, 0.15) is 35.2 Å². The molecule has 4 N–H and O–H groups in total. The van der Waals surface area contributed by atoms with Crippen molar-refractivity contribution in [1.29, 1.82) is 0 Å². The minimum Gasteiger partial charge on any atom is -0.477 e. The van der Waals surface area contributed by atoms with Crippen molar-refractivity contribution in [3.05, 3.63) is 69.8 Å². The Morgan fingerprint density at radius 3 is 2.71 bits per heavy atom. The van der Waals surface area contributed by atoms with E-state index in [1.54, 1.807) is 4.57 Å².